The van der Waals surface area contributed by atoms with Crippen LogP contribution in [0.3, 0.4) is 0 Å². The van der Waals surface area contributed by atoms with E-state index in [1.807, 2.05) is 0 Å². The number of esters is 1. The zero-order chi connectivity index (χ0) is 18.1. The van der Waals surface area contributed by atoms with Gasteiger partial charge in [-0.3, -0.25) is 4.79 Å². The molecule has 1 aromatic carbocycles. The molecular weight excluding hydrogens is 384 g/mol. The number of hydrogen-bond acceptors (Lipinski definition) is 4. The van der Waals surface area contributed by atoms with E-state index in [1.165, 1.54) is 31.2 Å². The van der Waals surface area contributed by atoms with Crippen LogP contribution in [0.1, 0.15) is 56.9 Å². The average Bonchev–Trinajstić information content (AvgIpc) is 2.93. The number of aliphatic hydroxyl groups is 1. The molecule has 0 aliphatic carbocycles. The molecule has 0 spiro atoms. The first-order valence-corrected chi connectivity index (χ1v) is 9.74. The molecule has 1 N–H and O–H groups in total. The molecule has 2 rings (SSSR count). The number of unbranched alkanes of at least 4 members (excludes halogenated alkanes) is 6. The van der Waals surface area contributed by atoms with Crippen LogP contribution in [0.15, 0.2) is 40.1 Å². The van der Waals surface area contributed by atoms with Gasteiger partial charge in [0, 0.05) is 10.9 Å². The van der Waals surface area contributed by atoms with Crippen LogP contribution in [-0.2, 0) is 20.7 Å². The number of halogens is 1. The minimum absolute atomic E-state index is 0.109. The summed E-state index contributed by atoms with van der Waals surface area (Å²) in [7, 11) is 0. The highest BCUT2D eigenvalue weighted by atomic mass is 79.9. The first-order valence-electron chi connectivity index (χ1n) is 8.95. The molecule has 1 aromatic rings. The average molecular weight is 409 g/mol. The van der Waals surface area contributed by atoms with Crippen LogP contribution in [0.2, 0.25) is 0 Å². The number of benzene rings is 1. The highest BCUT2D eigenvalue weighted by molar-refractivity contribution is 9.10. The highest BCUT2D eigenvalue weighted by Gasteiger charge is 2.31. The van der Waals surface area contributed by atoms with E-state index in [0.717, 1.165) is 30.2 Å². The SMILES string of the molecule is O=C1COC(=O)/C1=C(/O)CCCCCCCCCc1ccc(Br)cc1. The number of ketones is 1. The monoisotopic (exact) mass is 408 g/mol. The Bertz CT molecular complexity index is 601. The van der Waals surface area contributed by atoms with E-state index in [1.54, 1.807) is 0 Å². The fourth-order valence-electron chi connectivity index (χ4n) is 2.95. The Balaban J connectivity index is 1.49. The summed E-state index contributed by atoms with van der Waals surface area (Å²) >= 11 is 3.44. The van der Waals surface area contributed by atoms with Gasteiger partial charge in [-0.25, -0.2) is 4.79 Å². The summed E-state index contributed by atoms with van der Waals surface area (Å²) < 4.78 is 5.73. The zero-order valence-electron chi connectivity index (χ0n) is 14.4. The molecule has 1 saturated heterocycles. The Morgan fingerprint density at radius 1 is 0.960 bits per heavy atom. The van der Waals surface area contributed by atoms with E-state index in [2.05, 4.69) is 44.9 Å². The third kappa shape index (κ3) is 6.65. The van der Waals surface area contributed by atoms with Crippen LogP contribution in [0.25, 0.3) is 0 Å². The number of rotatable bonds is 10. The molecule has 5 heteroatoms. The number of ether oxygens (including phenoxy) is 1. The Hall–Kier alpha value is -1.62. The fourth-order valence-corrected chi connectivity index (χ4v) is 3.21. The Morgan fingerprint density at radius 3 is 2.16 bits per heavy atom. The predicted molar refractivity (Wildman–Crippen MR) is 100 cm³/mol. The van der Waals surface area contributed by atoms with Gasteiger partial charge in [0.25, 0.3) is 0 Å². The van der Waals surface area contributed by atoms with Gasteiger partial charge in [-0.15, -0.1) is 0 Å². The van der Waals surface area contributed by atoms with Gasteiger partial charge in [0.05, 0.1) is 0 Å². The lowest BCUT2D eigenvalue weighted by molar-refractivity contribution is -0.135. The van der Waals surface area contributed by atoms with Crippen molar-refractivity contribution in [1.29, 1.82) is 0 Å². The molecule has 0 bridgehead atoms. The third-order valence-corrected chi connectivity index (χ3v) is 4.93. The lowest BCUT2D eigenvalue weighted by atomic mass is 10.0. The summed E-state index contributed by atoms with van der Waals surface area (Å²) in [6.45, 7) is -0.238. The summed E-state index contributed by atoms with van der Waals surface area (Å²) in [5, 5.41) is 9.84. The predicted octanol–water partition coefficient (Wildman–Crippen LogP) is 5.05. The lowest BCUT2D eigenvalue weighted by Crippen LogP contribution is -2.05. The first-order chi connectivity index (χ1) is 12.1. The summed E-state index contributed by atoms with van der Waals surface area (Å²) in [5.41, 5.74) is 1.24. The van der Waals surface area contributed by atoms with E-state index >= 15 is 0 Å². The fraction of sp³-hybridized carbons (Fsp3) is 0.500. The topological polar surface area (TPSA) is 63.6 Å². The molecule has 25 heavy (non-hydrogen) atoms. The van der Waals surface area contributed by atoms with Gasteiger partial charge in [-0.1, -0.05) is 60.2 Å². The van der Waals surface area contributed by atoms with Crippen LogP contribution in [0.5, 0.6) is 0 Å². The van der Waals surface area contributed by atoms with Gasteiger partial charge in [0.15, 0.2) is 6.61 Å². The number of aliphatic hydroxyl groups excluding tert-OH is 1. The molecule has 1 aliphatic rings. The van der Waals surface area contributed by atoms with Crippen molar-refractivity contribution in [3.63, 3.8) is 0 Å². The Kier molecular flexibility index (Phi) is 8.19. The van der Waals surface area contributed by atoms with Crippen molar-refractivity contribution in [1.82, 2.24) is 0 Å². The Labute approximate surface area is 157 Å². The second-order valence-electron chi connectivity index (χ2n) is 6.42. The largest absolute Gasteiger partial charge is 0.511 e. The van der Waals surface area contributed by atoms with E-state index < -0.39 is 11.8 Å². The van der Waals surface area contributed by atoms with E-state index in [4.69, 9.17) is 0 Å². The zero-order valence-corrected chi connectivity index (χ0v) is 16.0. The number of aryl methyl sites for hydroxylation is 1. The van der Waals surface area contributed by atoms with Crippen molar-refractivity contribution in [3.05, 3.63) is 45.6 Å². The third-order valence-electron chi connectivity index (χ3n) is 4.40. The molecule has 0 atom stereocenters. The van der Waals surface area contributed by atoms with Gasteiger partial charge in [-0.2, -0.15) is 0 Å². The standard InChI is InChI=1S/C20H25BrO4/c21-16-12-10-15(11-13-16)8-6-4-2-1-3-5-7-9-17(22)19-18(23)14-25-20(19)24/h10-13,22H,1-9,14H2/b19-17+. The van der Waals surface area contributed by atoms with Crippen LogP contribution < -0.4 is 0 Å². The van der Waals surface area contributed by atoms with Crippen molar-refractivity contribution in [2.45, 2.75) is 57.8 Å². The van der Waals surface area contributed by atoms with Crippen LogP contribution >= 0.6 is 15.9 Å². The molecule has 0 radical (unpaired) electrons. The number of carbonyl (C=O) groups excluding carboxylic acids is 2. The molecule has 1 aliphatic heterocycles. The maximum absolute atomic E-state index is 11.4. The van der Waals surface area contributed by atoms with Gasteiger partial charge in [0.1, 0.15) is 11.3 Å². The number of hydrogen-bond donors (Lipinski definition) is 1. The van der Waals surface area contributed by atoms with Gasteiger partial charge in [-0.05, 0) is 37.0 Å². The number of cyclic esters (lactones) is 1. The minimum Gasteiger partial charge on any atom is -0.511 e. The molecule has 1 fully saturated rings. The van der Waals surface area contributed by atoms with Gasteiger partial charge < -0.3 is 9.84 Å². The summed E-state index contributed by atoms with van der Waals surface area (Å²) in [4.78, 5) is 22.7. The first kappa shape index (κ1) is 19.7. The molecule has 0 amide bonds. The minimum atomic E-state index is -0.687. The van der Waals surface area contributed by atoms with E-state index in [9.17, 15) is 14.7 Å². The van der Waals surface area contributed by atoms with E-state index in [-0.39, 0.29) is 17.9 Å². The maximum Gasteiger partial charge on any atom is 0.345 e. The number of Topliss-reactive ketones (excluding diaryl/α,β-unsaturated/α-hetero) is 1. The van der Waals surface area contributed by atoms with Crippen molar-refractivity contribution in [3.8, 4) is 0 Å². The lowest BCUT2D eigenvalue weighted by Gasteiger charge is -2.04. The molecule has 136 valence electrons. The van der Waals surface area contributed by atoms with Crippen molar-refractivity contribution >= 4 is 27.7 Å². The normalized spacial score (nSPS) is 16.2. The van der Waals surface area contributed by atoms with Crippen molar-refractivity contribution < 1.29 is 19.4 Å². The summed E-state index contributed by atoms with van der Waals surface area (Å²) in [6, 6.07) is 8.49. The number of carbonyl (C=O) groups is 2. The molecular formula is C20H25BrO4. The smallest absolute Gasteiger partial charge is 0.345 e. The molecule has 4 nitrogen and oxygen atoms in total. The van der Waals surface area contributed by atoms with Gasteiger partial charge in [0.2, 0.25) is 5.78 Å². The second kappa shape index (κ2) is 10.4. The summed E-state index contributed by atoms with van der Waals surface area (Å²) in [6.07, 6.45) is 9.22. The van der Waals surface area contributed by atoms with E-state index in [0.29, 0.717) is 6.42 Å². The molecule has 0 aromatic heterocycles. The summed E-state index contributed by atoms with van der Waals surface area (Å²) in [5.74, 6) is -1.21. The highest BCUT2D eigenvalue weighted by Crippen LogP contribution is 2.19. The quantitative estimate of drug-likeness (QED) is 0.193. The number of allylic oxidation sites excluding steroid dienone is 1. The Morgan fingerprint density at radius 2 is 1.56 bits per heavy atom. The van der Waals surface area contributed by atoms with Crippen LogP contribution in [0.4, 0.5) is 0 Å². The van der Waals surface area contributed by atoms with Crippen LogP contribution in [0, 0.1) is 0 Å². The van der Waals surface area contributed by atoms with Crippen LogP contribution in [-0.4, -0.2) is 23.5 Å². The maximum atomic E-state index is 11.4. The van der Waals surface area contributed by atoms with Crippen molar-refractivity contribution in [2.24, 2.45) is 0 Å². The second-order valence-corrected chi connectivity index (χ2v) is 7.34. The van der Waals surface area contributed by atoms with Gasteiger partial charge >= 0.3 is 5.97 Å². The molecule has 1 heterocycles. The van der Waals surface area contributed by atoms with Crippen molar-refractivity contribution in [2.75, 3.05) is 6.61 Å². The molecule has 0 saturated carbocycles. The molecule has 0 unspecified atom stereocenters.